The van der Waals surface area contributed by atoms with Gasteiger partial charge in [-0.05, 0) is 62.8 Å². The molecule has 1 saturated carbocycles. The summed E-state index contributed by atoms with van der Waals surface area (Å²) in [6.07, 6.45) is 3.04. The van der Waals surface area contributed by atoms with Gasteiger partial charge in [-0.3, -0.25) is 9.59 Å². The number of aromatic nitrogens is 1. The number of nitrogens with zero attached hydrogens (tertiary/aromatic N) is 1. The summed E-state index contributed by atoms with van der Waals surface area (Å²) >= 11 is 1.41. The predicted molar refractivity (Wildman–Crippen MR) is 117 cm³/mol. The molecule has 0 bridgehead atoms. The molecule has 8 nitrogen and oxygen atoms in total. The monoisotopic (exact) mass is 450 g/mol. The fourth-order valence-electron chi connectivity index (χ4n) is 3.48. The van der Waals surface area contributed by atoms with E-state index in [0.717, 1.165) is 31.4 Å². The van der Waals surface area contributed by atoms with Crippen LogP contribution >= 0.6 is 11.3 Å². The lowest BCUT2D eigenvalue weighted by Gasteiger charge is -2.27. The van der Waals surface area contributed by atoms with Crippen molar-refractivity contribution in [3.05, 3.63) is 35.3 Å². The molecular formula is C20H26N4O4S2. The Hall–Kier alpha value is -2.30. The van der Waals surface area contributed by atoms with Gasteiger partial charge in [-0.1, -0.05) is 0 Å². The topological polar surface area (TPSA) is 117 Å². The molecule has 0 aliphatic heterocycles. The van der Waals surface area contributed by atoms with Crippen molar-refractivity contribution >= 4 is 44.0 Å². The molecule has 10 heteroatoms. The molecule has 0 unspecified atom stereocenters. The van der Waals surface area contributed by atoms with Crippen molar-refractivity contribution in [1.82, 2.24) is 9.71 Å². The number of amides is 2. The van der Waals surface area contributed by atoms with Crippen molar-refractivity contribution in [2.45, 2.75) is 44.4 Å². The zero-order valence-electron chi connectivity index (χ0n) is 17.0. The normalized spacial score (nSPS) is 19.3. The van der Waals surface area contributed by atoms with E-state index in [0.29, 0.717) is 17.4 Å². The summed E-state index contributed by atoms with van der Waals surface area (Å²) in [6, 6.07) is 6.05. The van der Waals surface area contributed by atoms with Crippen LogP contribution < -0.4 is 15.4 Å². The maximum absolute atomic E-state index is 12.5. The van der Waals surface area contributed by atoms with E-state index in [4.69, 9.17) is 0 Å². The van der Waals surface area contributed by atoms with Gasteiger partial charge in [0.25, 0.3) is 0 Å². The third kappa shape index (κ3) is 6.10. The Morgan fingerprint density at radius 2 is 1.77 bits per heavy atom. The first-order chi connectivity index (χ1) is 14.2. The summed E-state index contributed by atoms with van der Waals surface area (Å²) in [5.41, 5.74) is 1.43. The molecule has 162 valence electrons. The Morgan fingerprint density at radius 1 is 1.10 bits per heavy atom. The highest BCUT2D eigenvalue weighted by molar-refractivity contribution is 7.89. The van der Waals surface area contributed by atoms with E-state index in [9.17, 15) is 18.0 Å². The molecule has 30 heavy (non-hydrogen) atoms. The third-order valence-corrected chi connectivity index (χ3v) is 7.43. The number of rotatable bonds is 7. The maximum atomic E-state index is 12.5. The first-order valence-electron chi connectivity index (χ1n) is 9.83. The largest absolute Gasteiger partial charge is 0.326 e. The number of nitrogens with one attached hydrogen (secondary N) is 3. The van der Waals surface area contributed by atoms with Crippen molar-refractivity contribution in [2.24, 2.45) is 11.8 Å². The van der Waals surface area contributed by atoms with Gasteiger partial charge in [0.05, 0.1) is 10.6 Å². The van der Waals surface area contributed by atoms with Gasteiger partial charge in [0, 0.05) is 30.5 Å². The second-order valence-corrected chi connectivity index (χ2v) is 10.2. The fourth-order valence-corrected chi connectivity index (χ4v) is 5.29. The lowest BCUT2D eigenvalue weighted by molar-refractivity contribution is -0.121. The van der Waals surface area contributed by atoms with Crippen LogP contribution in [0.25, 0.3) is 0 Å². The van der Waals surface area contributed by atoms with Crippen LogP contribution in [0.2, 0.25) is 0 Å². The SMILES string of the molecule is CC(=O)Nc1ccc(S(=O)(=O)NCC2CCC(C(=O)Nc3nc(C)cs3)CC2)cc1. The molecule has 1 aromatic carbocycles. The molecule has 3 rings (SSSR count). The number of carbonyl (C=O) groups excluding carboxylic acids is 2. The van der Waals surface area contributed by atoms with Crippen molar-refractivity contribution in [2.75, 3.05) is 17.2 Å². The van der Waals surface area contributed by atoms with Crippen LogP contribution in [0, 0.1) is 18.8 Å². The van der Waals surface area contributed by atoms with Gasteiger partial charge in [-0.2, -0.15) is 0 Å². The van der Waals surface area contributed by atoms with Crippen molar-refractivity contribution in [3.63, 3.8) is 0 Å². The predicted octanol–water partition coefficient (Wildman–Crippen LogP) is 3.13. The van der Waals surface area contributed by atoms with E-state index in [1.807, 2.05) is 12.3 Å². The van der Waals surface area contributed by atoms with Crippen LogP contribution in [-0.2, 0) is 19.6 Å². The van der Waals surface area contributed by atoms with Crippen LogP contribution in [0.1, 0.15) is 38.3 Å². The number of carbonyl (C=O) groups is 2. The van der Waals surface area contributed by atoms with Crippen LogP contribution in [0.15, 0.2) is 34.5 Å². The second kappa shape index (κ2) is 9.67. The Morgan fingerprint density at radius 3 is 2.33 bits per heavy atom. The molecule has 0 radical (unpaired) electrons. The quantitative estimate of drug-likeness (QED) is 0.599. The van der Waals surface area contributed by atoms with Gasteiger partial charge >= 0.3 is 0 Å². The summed E-state index contributed by atoms with van der Waals surface area (Å²) < 4.78 is 27.7. The lowest BCUT2D eigenvalue weighted by atomic mass is 9.81. The smallest absolute Gasteiger partial charge is 0.240 e. The van der Waals surface area contributed by atoms with Crippen LogP contribution in [-0.4, -0.2) is 31.8 Å². The average molecular weight is 451 g/mol. The number of aryl methyl sites for hydroxylation is 1. The van der Waals surface area contributed by atoms with Gasteiger partial charge in [-0.25, -0.2) is 18.1 Å². The molecule has 1 fully saturated rings. The first-order valence-corrected chi connectivity index (χ1v) is 12.2. The Balaban J connectivity index is 1.46. The van der Waals surface area contributed by atoms with Gasteiger partial charge in [0.1, 0.15) is 0 Å². The highest BCUT2D eigenvalue weighted by Gasteiger charge is 2.27. The zero-order valence-corrected chi connectivity index (χ0v) is 18.6. The lowest BCUT2D eigenvalue weighted by Crippen LogP contribution is -2.33. The Labute approximate surface area is 180 Å². The molecular weight excluding hydrogens is 424 g/mol. The minimum absolute atomic E-state index is 0.0114. The molecule has 0 saturated heterocycles. The van der Waals surface area contributed by atoms with Crippen molar-refractivity contribution in [1.29, 1.82) is 0 Å². The van der Waals surface area contributed by atoms with Crippen molar-refractivity contribution < 1.29 is 18.0 Å². The van der Waals surface area contributed by atoms with Crippen LogP contribution in [0.5, 0.6) is 0 Å². The molecule has 1 aliphatic rings. The van der Waals surface area contributed by atoms with Gasteiger partial charge < -0.3 is 10.6 Å². The summed E-state index contributed by atoms with van der Waals surface area (Å²) in [6.45, 7) is 3.62. The Kier molecular flexibility index (Phi) is 7.22. The number of thiazole rings is 1. The molecule has 1 heterocycles. The minimum atomic E-state index is -3.62. The zero-order chi connectivity index (χ0) is 21.7. The molecule has 1 aromatic heterocycles. The molecule has 2 amide bonds. The summed E-state index contributed by atoms with van der Waals surface area (Å²) in [5, 5.41) is 8.00. The fraction of sp³-hybridized carbons (Fsp3) is 0.450. The van der Waals surface area contributed by atoms with E-state index in [2.05, 4.69) is 20.3 Å². The van der Waals surface area contributed by atoms with Gasteiger partial charge in [-0.15, -0.1) is 11.3 Å². The standard InChI is InChI=1S/C20H26N4O4S2/c1-13-12-29-20(22-13)24-19(26)16-5-3-15(4-6-16)11-21-30(27,28)18-9-7-17(8-10-18)23-14(2)25/h7-10,12,15-16,21H,3-6,11H2,1-2H3,(H,23,25)(H,22,24,26). The molecule has 0 spiro atoms. The van der Waals surface area contributed by atoms with Gasteiger partial charge in [0.15, 0.2) is 5.13 Å². The molecule has 2 aromatic rings. The van der Waals surface area contributed by atoms with Crippen LogP contribution in [0.4, 0.5) is 10.8 Å². The number of sulfonamides is 1. The van der Waals surface area contributed by atoms with Gasteiger partial charge in [0.2, 0.25) is 21.8 Å². The highest BCUT2D eigenvalue weighted by atomic mass is 32.2. The first kappa shape index (κ1) is 22.4. The van der Waals surface area contributed by atoms with Crippen molar-refractivity contribution in [3.8, 4) is 0 Å². The third-order valence-electron chi connectivity index (χ3n) is 5.11. The summed E-state index contributed by atoms with van der Waals surface area (Å²) in [7, 11) is -3.62. The van der Waals surface area contributed by atoms with E-state index >= 15 is 0 Å². The molecule has 3 N–H and O–H groups in total. The average Bonchev–Trinajstić information content (AvgIpc) is 3.11. The summed E-state index contributed by atoms with van der Waals surface area (Å²) in [4.78, 5) is 27.9. The number of benzene rings is 1. The van der Waals surface area contributed by atoms with Crippen LogP contribution in [0.3, 0.4) is 0 Å². The molecule has 0 atom stereocenters. The number of anilines is 2. The molecule has 1 aliphatic carbocycles. The second-order valence-electron chi connectivity index (χ2n) is 7.56. The van der Waals surface area contributed by atoms with E-state index in [-0.39, 0.29) is 28.5 Å². The Bertz CT molecular complexity index is 994. The number of hydrogen-bond donors (Lipinski definition) is 3. The van der Waals surface area contributed by atoms with E-state index in [1.54, 1.807) is 12.1 Å². The number of hydrogen-bond acceptors (Lipinski definition) is 6. The summed E-state index contributed by atoms with van der Waals surface area (Å²) in [5.74, 6) is -0.0922. The maximum Gasteiger partial charge on any atom is 0.240 e. The highest BCUT2D eigenvalue weighted by Crippen LogP contribution is 2.30. The van der Waals surface area contributed by atoms with E-state index in [1.165, 1.54) is 30.4 Å². The van der Waals surface area contributed by atoms with E-state index < -0.39 is 10.0 Å². The minimum Gasteiger partial charge on any atom is -0.326 e.